The molecule has 0 amide bonds. The van der Waals surface area contributed by atoms with Gasteiger partial charge in [0, 0.05) is 24.5 Å². The van der Waals surface area contributed by atoms with Crippen molar-refractivity contribution in [2.75, 3.05) is 12.3 Å². The molecular weight excluding hydrogens is 240 g/mol. The highest BCUT2D eigenvalue weighted by atomic mass is 16.5. The lowest BCUT2D eigenvalue weighted by atomic mass is 10.1. The van der Waals surface area contributed by atoms with Gasteiger partial charge in [0.05, 0.1) is 13.0 Å². The van der Waals surface area contributed by atoms with Gasteiger partial charge in [0.15, 0.2) is 0 Å². The minimum atomic E-state index is -0.236. The van der Waals surface area contributed by atoms with Gasteiger partial charge in [-0.05, 0) is 35.4 Å². The van der Waals surface area contributed by atoms with Crippen LogP contribution in [0, 0.1) is 0 Å². The summed E-state index contributed by atoms with van der Waals surface area (Å²) in [6.45, 7) is 0.380. The molecule has 0 saturated heterocycles. The van der Waals surface area contributed by atoms with E-state index in [2.05, 4.69) is 4.98 Å². The summed E-state index contributed by atoms with van der Waals surface area (Å²) in [4.78, 5) is 15.6. The number of nitrogen functional groups attached to an aromatic ring is 1. The Hall–Kier alpha value is -2.36. The van der Waals surface area contributed by atoms with Gasteiger partial charge in [-0.2, -0.15) is 0 Å². The van der Waals surface area contributed by atoms with Crippen molar-refractivity contribution < 1.29 is 9.53 Å². The van der Waals surface area contributed by atoms with Crippen LogP contribution in [-0.2, 0) is 22.4 Å². The molecule has 0 spiro atoms. The van der Waals surface area contributed by atoms with Crippen molar-refractivity contribution >= 4 is 11.7 Å². The summed E-state index contributed by atoms with van der Waals surface area (Å²) in [6.07, 6.45) is 4.40. The van der Waals surface area contributed by atoms with Crippen LogP contribution in [0.2, 0.25) is 0 Å². The zero-order valence-corrected chi connectivity index (χ0v) is 10.6. The largest absolute Gasteiger partial charge is 0.465 e. The van der Waals surface area contributed by atoms with E-state index in [-0.39, 0.29) is 12.4 Å². The highest BCUT2D eigenvalue weighted by molar-refractivity contribution is 5.73. The molecule has 0 unspecified atom stereocenters. The number of benzene rings is 1. The maximum Gasteiger partial charge on any atom is 0.310 e. The molecule has 0 atom stereocenters. The van der Waals surface area contributed by atoms with Gasteiger partial charge < -0.3 is 10.5 Å². The Morgan fingerprint density at radius 2 is 1.95 bits per heavy atom. The van der Waals surface area contributed by atoms with Crippen LogP contribution in [0.5, 0.6) is 0 Å². The fourth-order valence-electron chi connectivity index (χ4n) is 1.75. The SMILES string of the molecule is Nc1cccc(CC(=O)OCCc2ccncc2)c1. The first-order valence-corrected chi connectivity index (χ1v) is 6.13. The van der Waals surface area contributed by atoms with E-state index in [4.69, 9.17) is 10.5 Å². The number of carbonyl (C=O) groups excluding carboxylic acids is 1. The molecule has 2 N–H and O–H groups in total. The number of rotatable bonds is 5. The number of pyridine rings is 1. The molecular formula is C15H16N2O2. The Kier molecular flexibility index (Phi) is 4.50. The van der Waals surface area contributed by atoms with Crippen molar-refractivity contribution in [2.24, 2.45) is 0 Å². The molecule has 0 bridgehead atoms. The molecule has 1 aromatic heterocycles. The van der Waals surface area contributed by atoms with Gasteiger partial charge in [-0.15, -0.1) is 0 Å². The highest BCUT2D eigenvalue weighted by Gasteiger charge is 2.05. The maximum atomic E-state index is 11.6. The van der Waals surface area contributed by atoms with E-state index >= 15 is 0 Å². The summed E-state index contributed by atoms with van der Waals surface area (Å²) in [5.74, 6) is -0.236. The van der Waals surface area contributed by atoms with Gasteiger partial charge in [-0.3, -0.25) is 9.78 Å². The maximum absolute atomic E-state index is 11.6. The molecule has 98 valence electrons. The average molecular weight is 256 g/mol. The fraction of sp³-hybridized carbons (Fsp3) is 0.200. The summed E-state index contributed by atoms with van der Waals surface area (Å²) < 4.78 is 5.19. The zero-order valence-electron chi connectivity index (χ0n) is 10.6. The first-order chi connectivity index (χ1) is 9.24. The average Bonchev–Trinajstić information content (AvgIpc) is 2.40. The van der Waals surface area contributed by atoms with Crippen LogP contribution in [0.15, 0.2) is 48.8 Å². The third-order valence-corrected chi connectivity index (χ3v) is 2.70. The number of hydrogen-bond acceptors (Lipinski definition) is 4. The van der Waals surface area contributed by atoms with Gasteiger partial charge in [0.25, 0.3) is 0 Å². The number of carbonyl (C=O) groups is 1. The van der Waals surface area contributed by atoms with Gasteiger partial charge in [0.2, 0.25) is 0 Å². The van der Waals surface area contributed by atoms with Crippen LogP contribution in [0.4, 0.5) is 5.69 Å². The van der Waals surface area contributed by atoms with E-state index < -0.39 is 0 Å². The zero-order chi connectivity index (χ0) is 13.5. The molecule has 0 aliphatic rings. The van der Waals surface area contributed by atoms with E-state index in [1.165, 1.54) is 0 Å². The number of aromatic nitrogens is 1. The molecule has 4 heteroatoms. The molecule has 0 aliphatic heterocycles. The molecule has 4 nitrogen and oxygen atoms in total. The lowest BCUT2D eigenvalue weighted by molar-refractivity contribution is -0.142. The second-order valence-electron chi connectivity index (χ2n) is 4.25. The summed E-state index contributed by atoms with van der Waals surface area (Å²) in [5, 5.41) is 0. The number of nitrogens with zero attached hydrogens (tertiary/aromatic N) is 1. The lowest BCUT2D eigenvalue weighted by Gasteiger charge is -2.05. The monoisotopic (exact) mass is 256 g/mol. The van der Waals surface area contributed by atoms with Crippen LogP contribution in [0.1, 0.15) is 11.1 Å². The minimum Gasteiger partial charge on any atom is -0.465 e. The van der Waals surface area contributed by atoms with Crippen LogP contribution in [0.25, 0.3) is 0 Å². The van der Waals surface area contributed by atoms with E-state index in [1.54, 1.807) is 24.5 Å². The molecule has 2 aromatic rings. The first-order valence-electron chi connectivity index (χ1n) is 6.13. The van der Waals surface area contributed by atoms with E-state index in [0.717, 1.165) is 11.1 Å². The Morgan fingerprint density at radius 1 is 1.16 bits per heavy atom. The normalized spacial score (nSPS) is 10.1. The van der Waals surface area contributed by atoms with Crippen molar-refractivity contribution in [3.63, 3.8) is 0 Å². The van der Waals surface area contributed by atoms with Crippen LogP contribution < -0.4 is 5.73 Å². The number of esters is 1. The van der Waals surface area contributed by atoms with E-state index in [0.29, 0.717) is 18.7 Å². The summed E-state index contributed by atoms with van der Waals surface area (Å²) in [5.41, 5.74) is 8.28. The smallest absolute Gasteiger partial charge is 0.310 e. The van der Waals surface area contributed by atoms with Crippen molar-refractivity contribution in [3.05, 3.63) is 59.9 Å². The molecule has 0 saturated carbocycles. The quantitative estimate of drug-likeness (QED) is 0.656. The number of nitrogens with two attached hydrogens (primary N) is 1. The number of hydrogen-bond donors (Lipinski definition) is 1. The standard InChI is InChI=1S/C15H16N2O2/c16-14-3-1-2-13(10-14)11-15(18)19-9-6-12-4-7-17-8-5-12/h1-5,7-8,10H,6,9,11,16H2. The van der Waals surface area contributed by atoms with Crippen LogP contribution in [-0.4, -0.2) is 17.6 Å². The third-order valence-electron chi connectivity index (χ3n) is 2.70. The van der Waals surface area contributed by atoms with Crippen LogP contribution in [0.3, 0.4) is 0 Å². The van der Waals surface area contributed by atoms with Crippen LogP contribution >= 0.6 is 0 Å². The predicted molar refractivity (Wildman–Crippen MR) is 73.5 cm³/mol. The second-order valence-corrected chi connectivity index (χ2v) is 4.25. The fourth-order valence-corrected chi connectivity index (χ4v) is 1.75. The molecule has 19 heavy (non-hydrogen) atoms. The second kappa shape index (κ2) is 6.54. The Labute approximate surface area is 112 Å². The summed E-state index contributed by atoms with van der Waals surface area (Å²) in [6, 6.07) is 11.1. The summed E-state index contributed by atoms with van der Waals surface area (Å²) in [7, 11) is 0. The number of ether oxygens (including phenoxy) is 1. The van der Waals surface area contributed by atoms with Crippen molar-refractivity contribution in [1.29, 1.82) is 0 Å². The van der Waals surface area contributed by atoms with Crippen molar-refractivity contribution in [1.82, 2.24) is 4.98 Å². The van der Waals surface area contributed by atoms with Gasteiger partial charge >= 0.3 is 5.97 Å². The topological polar surface area (TPSA) is 65.2 Å². The predicted octanol–water partition coefficient (Wildman–Crippen LogP) is 1.99. The lowest BCUT2D eigenvalue weighted by Crippen LogP contribution is -2.10. The Bertz CT molecular complexity index is 541. The minimum absolute atomic E-state index is 0.236. The van der Waals surface area contributed by atoms with Gasteiger partial charge in [-0.25, -0.2) is 0 Å². The third kappa shape index (κ3) is 4.43. The number of anilines is 1. The Morgan fingerprint density at radius 3 is 2.68 bits per heavy atom. The molecule has 0 aliphatic carbocycles. The van der Waals surface area contributed by atoms with E-state index in [1.807, 2.05) is 24.3 Å². The molecule has 0 radical (unpaired) electrons. The van der Waals surface area contributed by atoms with Crippen molar-refractivity contribution in [2.45, 2.75) is 12.8 Å². The summed E-state index contributed by atoms with van der Waals surface area (Å²) >= 11 is 0. The molecule has 0 fully saturated rings. The molecule has 1 aromatic carbocycles. The van der Waals surface area contributed by atoms with Gasteiger partial charge in [0.1, 0.15) is 0 Å². The highest BCUT2D eigenvalue weighted by Crippen LogP contribution is 2.08. The molecule has 2 rings (SSSR count). The first kappa shape index (κ1) is 13.1. The van der Waals surface area contributed by atoms with E-state index in [9.17, 15) is 4.79 Å². The Balaban J connectivity index is 1.76. The van der Waals surface area contributed by atoms with Crippen molar-refractivity contribution in [3.8, 4) is 0 Å². The molecule has 1 heterocycles. The van der Waals surface area contributed by atoms with Gasteiger partial charge in [-0.1, -0.05) is 12.1 Å².